The van der Waals surface area contributed by atoms with Crippen molar-refractivity contribution in [2.45, 2.75) is 54.1 Å². The van der Waals surface area contributed by atoms with E-state index in [4.69, 9.17) is 15.5 Å². The zero-order valence-electron chi connectivity index (χ0n) is 24.7. The first-order valence-corrected chi connectivity index (χ1v) is 16.6. The van der Waals surface area contributed by atoms with Crippen LogP contribution >= 0.6 is 0 Å². The molecule has 3 aliphatic rings. The van der Waals surface area contributed by atoms with Crippen molar-refractivity contribution >= 4 is 37.7 Å². The maximum atomic E-state index is 13.7. The Bertz CT molecular complexity index is 2060. The lowest BCUT2D eigenvalue weighted by molar-refractivity contribution is 0.0700. The lowest BCUT2D eigenvalue weighted by Gasteiger charge is -2.27. The number of nitrogens with zero attached hydrogens (tertiary/aromatic N) is 5. The summed E-state index contributed by atoms with van der Waals surface area (Å²) in [5, 5.41) is 0.935. The SMILES string of the molecule is COc1cc(C(=O)N2CC3CCC2[C@@H]3N)cc2nc(-c3cc4ccc(S(=O)(=O)c5ccncc5)cc4n3CC3CC3)n(C)c12. The zero-order chi connectivity index (χ0) is 30.3. The molecule has 0 spiro atoms. The number of hydrogen-bond acceptors (Lipinski definition) is 7. The minimum absolute atomic E-state index is 0.0363. The number of methoxy groups -OCH3 is 1. The Morgan fingerprint density at radius 1 is 1.02 bits per heavy atom. The minimum Gasteiger partial charge on any atom is -0.494 e. The largest absolute Gasteiger partial charge is 0.494 e. The summed E-state index contributed by atoms with van der Waals surface area (Å²) in [4.78, 5) is 25.1. The van der Waals surface area contributed by atoms with Gasteiger partial charge in [-0.3, -0.25) is 9.78 Å². The molecule has 11 heteroatoms. The predicted molar refractivity (Wildman–Crippen MR) is 166 cm³/mol. The molecule has 5 aromatic rings. The number of hydrogen-bond donors (Lipinski definition) is 1. The number of carbonyl (C=O) groups is 1. The third-order valence-corrected chi connectivity index (χ3v) is 11.6. The van der Waals surface area contributed by atoms with Crippen LogP contribution in [0.1, 0.15) is 36.0 Å². The van der Waals surface area contributed by atoms with Crippen LogP contribution in [0.4, 0.5) is 0 Å². The Morgan fingerprint density at radius 2 is 1.82 bits per heavy atom. The molecule has 226 valence electrons. The standard InChI is InChI=1S/C33H34N6O4S/c1-37-31-25(13-22(15-29(31)43-2)33(40)39-18-21-6-8-26(39)30(21)34)36-32(37)28-14-20-5-7-24(16-27(20)38(28)17-19-3-4-19)44(41,42)23-9-11-35-12-10-23/h5,7,9-16,19,21,26,30H,3-4,6,8,17-18,34H2,1-2H3/t21?,26?,30-/m1/s1. The van der Waals surface area contributed by atoms with E-state index in [0.29, 0.717) is 35.2 Å². The van der Waals surface area contributed by atoms with E-state index in [9.17, 15) is 13.2 Å². The maximum absolute atomic E-state index is 13.7. The van der Waals surface area contributed by atoms with Gasteiger partial charge in [-0.15, -0.1) is 0 Å². The molecule has 44 heavy (non-hydrogen) atoms. The van der Waals surface area contributed by atoms with Crippen molar-refractivity contribution in [3.63, 3.8) is 0 Å². The number of benzene rings is 2. The fourth-order valence-electron chi connectivity index (χ4n) is 7.26. The number of aromatic nitrogens is 4. The van der Waals surface area contributed by atoms with Crippen LogP contribution in [0.25, 0.3) is 33.5 Å². The second-order valence-corrected chi connectivity index (χ2v) is 14.4. The predicted octanol–water partition coefficient (Wildman–Crippen LogP) is 4.40. The van der Waals surface area contributed by atoms with Gasteiger partial charge < -0.3 is 24.5 Å². The van der Waals surface area contributed by atoms with Gasteiger partial charge in [0.2, 0.25) is 9.84 Å². The van der Waals surface area contributed by atoms with Crippen LogP contribution in [0.15, 0.2) is 70.7 Å². The molecule has 2 aromatic carbocycles. The topological polar surface area (TPSA) is 125 Å². The van der Waals surface area contributed by atoms with Crippen molar-refractivity contribution in [2.24, 2.45) is 24.6 Å². The van der Waals surface area contributed by atoms with Crippen LogP contribution in [0.3, 0.4) is 0 Å². The molecule has 2 bridgehead atoms. The molecule has 3 atom stereocenters. The van der Waals surface area contributed by atoms with Crippen molar-refractivity contribution in [2.75, 3.05) is 13.7 Å². The number of imidazole rings is 1. The number of sulfone groups is 1. The highest BCUT2D eigenvalue weighted by atomic mass is 32.2. The van der Waals surface area contributed by atoms with Gasteiger partial charge in [0.1, 0.15) is 11.3 Å². The third kappa shape index (κ3) is 4.16. The average Bonchev–Trinajstić information content (AvgIpc) is 3.44. The minimum atomic E-state index is -3.71. The third-order valence-electron chi connectivity index (χ3n) is 9.83. The van der Waals surface area contributed by atoms with Gasteiger partial charge in [0.25, 0.3) is 5.91 Å². The molecule has 2 aliphatic carbocycles. The van der Waals surface area contributed by atoms with E-state index in [1.807, 2.05) is 34.7 Å². The van der Waals surface area contributed by atoms with Gasteiger partial charge in [-0.05, 0) is 80.0 Å². The Labute approximate surface area is 255 Å². The summed E-state index contributed by atoms with van der Waals surface area (Å²) in [6.07, 6.45) is 7.27. The zero-order valence-corrected chi connectivity index (χ0v) is 25.5. The molecule has 4 heterocycles. The first-order valence-electron chi connectivity index (χ1n) is 15.1. The molecular weight excluding hydrogens is 576 g/mol. The monoisotopic (exact) mass is 610 g/mol. The number of pyridine rings is 1. The number of piperidine rings is 1. The van der Waals surface area contributed by atoms with Gasteiger partial charge in [0, 0.05) is 61.1 Å². The number of rotatable bonds is 7. The summed E-state index contributed by atoms with van der Waals surface area (Å²) in [6, 6.07) is 14.2. The summed E-state index contributed by atoms with van der Waals surface area (Å²) >= 11 is 0. The number of carbonyl (C=O) groups excluding carboxylic acids is 1. The van der Waals surface area contributed by atoms with Crippen LogP contribution in [-0.4, -0.2) is 64.1 Å². The van der Waals surface area contributed by atoms with E-state index in [0.717, 1.165) is 60.2 Å². The highest BCUT2D eigenvalue weighted by Gasteiger charge is 2.47. The quantitative estimate of drug-likeness (QED) is 0.290. The van der Waals surface area contributed by atoms with Crippen molar-refractivity contribution < 1.29 is 17.9 Å². The van der Waals surface area contributed by atoms with Crippen LogP contribution in [0.5, 0.6) is 5.75 Å². The lowest BCUT2D eigenvalue weighted by Crippen LogP contribution is -2.41. The fourth-order valence-corrected chi connectivity index (χ4v) is 8.53. The molecule has 2 N–H and O–H groups in total. The Hall–Kier alpha value is -4.22. The van der Waals surface area contributed by atoms with Crippen molar-refractivity contribution in [1.29, 1.82) is 0 Å². The van der Waals surface area contributed by atoms with E-state index in [-0.39, 0.29) is 27.8 Å². The molecule has 3 aromatic heterocycles. The summed E-state index contributed by atoms with van der Waals surface area (Å²) in [7, 11) is -0.155. The molecule has 1 amide bonds. The molecule has 1 aliphatic heterocycles. The van der Waals surface area contributed by atoms with Crippen LogP contribution < -0.4 is 10.5 Å². The summed E-state index contributed by atoms with van der Waals surface area (Å²) in [5.74, 6) is 2.16. The highest BCUT2D eigenvalue weighted by molar-refractivity contribution is 7.91. The van der Waals surface area contributed by atoms with Gasteiger partial charge in [0.15, 0.2) is 5.82 Å². The van der Waals surface area contributed by atoms with Crippen LogP contribution in [-0.2, 0) is 23.4 Å². The first kappa shape index (κ1) is 27.3. The normalized spacial score (nSPS) is 21.5. The lowest BCUT2D eigenvalue weighted by atomic mass is 10.1. The van der Waals surface area contributed by atoms with Crippen molar-refractivity contribution in [3.05, 3.63) is 66.5 Å². The molecular formula is C33H34N6O4S. The van der Waals surface area contributed by atoms with E-state index >= 15 is 0 Å². The molecule has 10 nitrogen and oxygen atoms in total. The number of nitrogens with two attached hydrogens (primary N) is 1. The first-order chi connectivity index (χ1) is 21.2. The Morgan fingerprint density at radius 3 is 2.50 bits per heavy atom. The molecule has 1 saturated heterocycles. The summed E-state index contributed by atoms with van der Waals surface area (Å²) < 4.78 is 37.0. The molecule has 8 rings (SSSR count). The van der Waals surface area contributed by atoms with Crippen LogP contribution in [0.2, 0.25) is 0 Å². The molecule has 3 fully saturated rings. The van der Waals surface area contributed by atoms with Crippen molar-refractivity contribution in [3.8, 4) is 17.3 Å². The molecule has 0 radical (unpaired) electrons. The van der Waals surface area contributed by atoms with E-state index in [1.54, 1.807) is 19.2 Å². The van der Waals surface area contributed by atoms with Gasteiger partial charge >= 0.3 is 0 Å². The average molecular weight is 611 g/mol. The molecule has 2 unspecified atom stereocenters. The second-order valence-electron chi connectivity index (χ2n) is 12.5. The second kappa shape index (κ2) is 9.90. The fraction of sp³-hybridized carbons (Fsp3) is 0.364. The van der Waals surface area contributed by atoms with Gasteiger partial charge in [-0.25, -0.2) is 13.4 Å². The van der Waals surface area contributed by atoms with Gasteiger partial charge in [-0.2, -0.15) is 0 Å². The molecule has 2 saturated carbocycles. The van der Waals surface area contributed by atoms with E-state index in [1.165, 1.54) is 24.5 Å². The van der Waals surface area contributed by atoms with Gasteiger partial charge in [-0.1, -0.05) is 6.07 Å². The Kier molecular flexibility index (Phi) is 6.15. The Balaban J connectivity index is 1.25. The summed E-state index contributed by atoms with van der Waals surface area (Å²) in [6.45, 7) is 1.46. The van der Waals surface area contributed by atoms with Crippen molar-refractivity contribution in [1.82, 2.24) is 24.0 Å². The number of aryl methyl sites for hydroxylation is 1. The van der Waals surface area contributed by atoms with E-state index < -0.39 is 9.84 Å². The summed E-state index contributed by atoms with van der Waals surface area (Å²) in [5.41, 5.74) is 10.1. The van der Waals surface area contributed by atoms with Gasteiger partial charge in [0.05, 0.1) is 28.1 Å². The maximum Gasteiger partial charge on any atom is 0.254 e. The highest BCUT2D eigenvalue weighted by Crippen LogP contribution is 2.40. The number of amides is 1. The van der Waals surface area contributed by atoms with Crippen LogP contribution in [0, 0.1) is 11.8 Å². The number of ether oxygens (including phenoxy) is 1. The number of fused-ring (bicyclic) bond motifs is 4. The smallest absolute Gasteiger partial charge is 0.254 e. The van der Waals surface area contributed by atoms with E-state index in [2.05, 4.69) is 15.6 Å². The number of likely N-dealkylation sites (tertiary alicyclic amines) is 1.